The molecule has 4 aliphatic rings. The van der Waals surface area contributed by atoms with E-state index in [1.807, 2.05) is 6.08 Å². The van der Waals surface area contributed by atoms with E-state index in [0.717, 1.165) is 5.57 Å². The predicted molar refractivity (Wildman–Crippen MR) is 126 cm³/mol. The number of benzene rings is 1. The number of ether oxygens (including phenoxy) is 1. The van der Waals surface area contributed by atoms with E-state index < -0.39 is 17.8 Å². The Morgan fingerprint density at radius 2 is 1.88 bits per heavy atom. The normalized spacial score (nSPS) is 28.4. The lowest BCUT2D eigenvalue weighted by Crippen LogP contribution is -2.39. The maximum Gasteiger partial charge on any atom is 0.233 e. The van der Waals surface area contributed by atoms with Crippen molar-refractivity contribution in [3.8, 4) is 11.5 Å². The molecule has 1 aromatic carbocycles. The van der Waals surface area contributed by atoms with E-state index in [1.54, 1.807) is 26.0 Å². The molecule has 34 heavy (non-hydrogen) atoms. The van der Waals surface area contributed by atoms with Crippen molar-refractivity contribution in [3.05, 3.63) is 56.6 Å². The third-order valence-electron chi connectivity index (χ3n) is 7.57. The Labute approximate surface area is 205 Å². The lowest BCUT2D eigenvalue weighted by atomic mass is 9.59. The summed E-state index contributed by atoms with van der Waals surface area (Å²) in [5.41, 5.74) is 2.72. The van der Waals surface area contributed by atoms with Crippen LogP contribution in [0.5, 0.6) is 11.5 Å². The molecule has 1 N–H and O–H groups in total. The van der Waals surface area contributed by atoms with Gasteiger partial charge in [-0.15, -0.1) is 0 Å². The lowest BCUT2D eigenvalue weighted by Gasteiger charge is -2.42. The van der Waals surface area contributed by atoms with Gasteiger partial charge in [-0.25, -0.2) is 0 Å². The summed E-state index contributed by atoms with van der Waals surface area (Å²) < 4.78 is 5.73. The van der Waals surface area contributed by atoms with Gasteiger partial charge in [0.2, 0.25) is 11.8 Å². The number of imide groups is 1. The monoisotopic (exact) mass is 525 g/mol. The Morgan fingerprint density at radius 1 is 1.15 bits per heavy atom. The maximum atomic E-state index is 13.3. The molecule has 1 heterocycles. The van der Waals surface area contributed by atoms with Crippen molar-refractivity contribution in [2.75, 3.05) is 13.7 Å². The molecule has 8 heteroatoms. The van der Waals surface area contributed by atoms with E-state index in [9.17, 15) is 24.3 Å². The van der Waals surface area contributed by atoms with Crippen molar-refractivity contribution in [3.63, 3.8) is 0 Å². The number of hydrogen-bond donors (Lipinski definition) is 1. The third kappa shape index (κ3) is 3.07. The number of ketones is 2. The van der Waals surface area contributed by atoms with E-state index in [1.165, 1.54) is 18.1 Å². The molecule has 4 atom stereocenters. The third-order valence-corrected chi connectivity index (χ3v) is 8.18. The number of rotatable bonds is 3. The zero-order valence-corrected chi connectivity index (χ0v) is 20.6. The first kappa shape index (κ1) is 22.8. The predicted octanol–water partition coefficient (Wildman–Crippen LogP) is 3.61. The SMILES string of the molecule is CCN1C(=O)[C@H]2[C@H](CC=C3[C@H](c4cc(Br)c(O)c(OC)c4)C4=C(C[C@H]32)C(=O)C(C)=CC4=O)C1=O. The molecular weight excluding hydrogens is 502 g/mol. The van der Waals surface area contributed by atoms with Crippen molar-refractivity contribution in [1.82, 2.24) is 4.90 Å². The van der Waals surface area contributed by atoms with Gasteiger partial charge in [-0.3, -0.25) is 24.1 Å². The average molecular weight is 526 g/mol. The molecule has 1 saturated heterocycles. The molecular formula is C26H24BrNO6. The summed E-state index contributed by atoms with van der Waals surface area (Å²) in [6, 6.07) is 3.37. The summed E-state index contributed by atoms with van der Waals surface area (Å²) in [4.78, 5) is 54.0. The number of carbonyl (C=O) groups is 4. The molecule has 1 aliphatic heterocycles. The van der Waals surface area contributed by atoms with Crippen LogP contribution in [0.25, 0.3) is 0 Å². The minimum Gasteiger partial charge on any atom is -0.503 e. The number of Topliss-reactive ketones (excluding diaryl/α,β-unsaturated/α-hetero) is 1. The molecule has 2 amide bonds. The molecule has 0 spiro atoms. The first-order chi connectivity index (χ1) is 16.2. The summed E-state index contributed by atoms with van der Waals surface area (Å²) in [6.45, 7) is 3.71. The number of phenols is 1. The van der Waals surface area contributed by atoms with Gasteiger partial charge in [0.05, 0.1) is 23.4 Å². The van der Waals surface area contributed by atoms with Crippen molar-refractivity contribution in [1.29, 1.82) is 0 Å². The molecule has 1 aromatic rings. The first-order valence-corrected chi connectivity index (χ1v) is 12.1. The van der Waals surface area contributed by atoms with Crippen LogP contribution in [0.2, 0.25) is 0 Å². The van der Waals surface area contributed by atoms with Gasteiger partial charge < -0.3 is 9.84 Å². The number of carbonyl (C=O) groups excluding carboxylic acids is 4. The number of phenolic OH excluding ortho intramolecular Hbond substituents is 1. The van der Waals surface area contributed by atoms with Gasteiger partial charge in [0.15, 0.2) is 23.1 Å². The van der Waals surface area contributed by atoms with E-state index in [2.05, 4.69) is 15.9 Å². The van der Waals surface area contributed by atoms with Crippen LogP contribution in [0.1, 0.15) is 38.2 Å². The number of amides is 2. The average Bonchev–Trinajstić information content (AvgIpc) is 3.07. The van der Waals surface area contributed by atoms with E-state index in [4.69, 9.17) is 4.74 Å². The molecule has 0 radical (unpaired) electrons. The van der Waals surface area contributed by atoms with Gasteiger partial charge in [-0.05, 0) is 72.3 Å². The number of hydrogen-bond acceptors (Lipinski definition) is 6. The highest BCUT2D eigenvalue weighted by molar-refractivity contribution is 9.10. The van der Waals surface area contributed by atoms with Crippen LogP contribution in [-0.2, 0) is 19.2 Å². The second kappa shape index (κ2) is 8.05. The number of aromatic hydroxyl groups is 1. The van der Waals surface area contributed by atoms with Gasteiger partial charge >= 0.3 is 0 Å². The van der Waals surface area contributed by atoms with Gasteiger partial charge in [0.1, 0.15) is 0 Å². The second-order valence-corrected chi connectivity index (χ2v) is 10.1. The Hall–Kier alpha value is -3.00. The van der Waals surface area contributed by atoms with Crippen LogP contribution in [0.4, 0.5) is 0 Å². The van der Waals surface area contributed by atoms with Crippen LogP contribution in [0.15, 0.2) is 51.0 Å². The van der Waals surface area contributed by atoms with Crippen molar-refractivity contribution < 1.29 is 29.0 Å². The summed E-state index contributed by atoms with van der Waals surface area (Å²) in [5, 5.41) is 10.3. The van der Waals surface area contributed by atoms with E-state index in [0.29, 0.717) is 39.7 Å². The number of likely N-dealkylation sites (tertiary alicyclic amines) is 1. The molecule has 7 nitrogen and oxygen atoms in total. The standard InChI is InChI=1S/C26H24BrNO6/c1-4-28-25(32)14-6-5-13-15(21(14)26(28)33)10-16-22(18(29)7-11(2)23(16)30)20(13)12-8-17(27)24(31)19(9-12)34-3/h5,7-9,14-15,20-21,31H,4,6,10H2,1-3H3/t14-,15+,20-,21-/m0/s1. The van der Waals surface area contributed by atoms with Gasteiger partial charge in [0.25, 0.3) is 0 Å². The van der Waals surface area contributed by atoms with Crippen molar-refractivity contribution >= 4 is 39.3 Å². The highest BCUT2D eigenvalue weighted by atomic mass is 79.9. The lowest BCUT2D eigenvalue weighted by molar-refractivity contribution is -0.139. The molecule has 176 valence electrons. The quantitative estimate of drug-likeness (QED) is 0.367. The van der Waals surface area contributed by atoms with Crippen LogP contribution in [0.3, 0.4) is 0 Å². The summed E-state index contributed by atoms with van der Waals surface area (Å²) >= 11 is 3.36. The zero-order chi connectivity index (χ0) is 24.5. The van der Waals surface area contributed by atoms with Crippen LogP contribution < -0.4 is 4.74 Å². The molecule has 5 rings (SSSR count). The van der Waals surface area contributed by atoms with Gasteiger partial charge in [-0.2, -0.15) is 0 Å². The fourth-order valence-electron chi connectivity index (χ4n) is 6.05. The van der Waals surface area contributed by atoms with Crippen LogP contribution in [0, 0.1) is 17.8 Å². The first-order valence-electron chi connectivity index (χ1n) is 11.3. The van der Waals surface area contributed by atoms with E-state index in [-0.39, 0.29) is 47.2 Å². The number of fused-ring (bicyclic) bond motifs is 3. The highest BCUT2D eigenvalue weighted by Gasteiger charge is 2.55. The Morgan fingerprint density at radius 3 is 2.56 bits per heavy atom. The van der Waals surface area contributed by atoms with Gasteiger partial charge in [-0.1, -0.05) is 11.6 Å². The molecule has 1 fully saturated rings. The van der Waals surface area contributed by atoms with Crippen LogP contribution in [-0.4, -0.2) is 47.0 Å². The Kier molecular flexibility index (Phi) is 5.39. The molecule has 3 aliphatic carbocycles. The fourth-order valence-corrected chi connectivity index (χ4v) is 6.51. The summed E-state index contributed by atoms with van der Waals surface area (Å²) in [6.07, 6.45) is 4.00. The number of nitrogens with zero attached hydrogens (tertiary/aromatic N) is 1. The number of methoxy groups -OCH3 is 1. The second-order valence-electron chi connectivity index (χ2n) is 9.20. The Bertz CT molecular complexity index is 1270. The molecule has 0 saturated carbocycles. The highest BCUT2D eigenvalue weighted by Crippen LogP contribution is 2.55. The number of halogens is 1. The van der Waals surface area contributed by atoms with E-state index >= 15 is 0 Å². The number of allylic oxidation sites excluding steroid dienone is 6. The fraction of sp³-hybridized carbons (Fsp3) is 0.385. The van der Waals surface area contributed by atoms with Crippen molar-refractivity contribution in [2.45, 2.75) is 32.6 Å². The zero-order valence-electron chi connectivity index (χ0n) is 19.1. The minimum absolute atomic E-state index is 0.0672. The molecule has 0 unspecified atom stereocenters. The largest absolute Gasteiger partial charge is 0.503 e. The summed E-state index contributed by atoms with van der Waals surface area (Å²) in [7, 11) is 1.44. The molecule has 0 aromatic heterocycles. The van der Waals surface area contributed by atoms with Gasteiger partial charge in [0, 0.05) is 29.2 Å². The molecule has 0 bridgehead atoms. The van der Waals surface area contributed by atoms with Crippen LogP contribution >= 0.6 is 15.9 Å². The Balaban J connectivity index is 1.73. The topological polar surface area (TPSA) is 101 Å². The van der Waals surface area contributed by atoms with Crippen molar-refractivity contribution in [2.24, 2.45) is 17.8 Å². The summed E-state index contributed by atoms with van der Waals surface area (Å²) in [5.74, 6) is -2.59. The minimum atomic E-state index is -0.583. The smallest absolute Gasteiger partial charge is 0.233 e. The maximum absolute atomic E-state index is 13.3.